The molecule has 0 unspecified atom stereocenters. The smallest absolute Gasteiger partial charge is 0.198 e. The molecule has 0 amide bonds. The molecule has 0 aliphatic rings. The SMILES string of the molecule is Fc1cc(-c2c(F)c(F)c3c(F)c(F)c(F)c(F)c3c2F)c2c(F)c(F)c(F)c(F)c2c1F. The molecule has 13 heteroatoms. The highest BCUT2D eigenvalue weighted by Gasteiger charge is 2.34. The molecular weight excluding hydrogens is 487 g/mol. The van der Waals surface area contributed by atoms with Crippen molar-refractivity contribution in [2.45, 2.75) is 0 Å². The van der Waals surface area contributed by atoms with Crippen LogP contribution in [0.25, 0.3) is 32.7 Å². The summed E-state index contributed by atoms with van der Waals surface area (Å²) in [6, 6.07) is -0.307. The summed E-state index contributed by atoms with van der Waals surface area (Å²) >= 11 is 0. The number of rotatable bonds is 1. The maximum absolute atomic E-state index is 15.0. The van der Waals surface area contributed by atoms with Crippen molar-refractivity contribution in [1.82, 2.24) is 0 Å². The highest BCUT2D eigenvalue weighted by Crippen LogP contribution is 2.43. The Morgan fingerprint density at radius 1 is 0.303 bits per heavy atom. The van der Waals surface area contributed by atoms with Gasteiger partial charge in [0.2, 0.25) is 0 Å². The molecular formula is C20HF13. The maximum Gasteiger partial charge on any atom is 0.198 e. The van der Waals surface area contributed by atoms with E-state index in [-0.39, 0.29) is 6.07 Å². The predicted octanol–water partition coefficient (Wildman–Crippen LogP) is 7.47. The highest BCUT2D eigenvalue weighted by atomic mass is 19.2. The van der Waals surface area contributed by atoms with Crippen molar-refractivity contribution in [3.8, 4) is 11.1 Å². The Balaban J connectivity index is 2.34. The molecule has 4 rings (SSSR count). The zero-order valence-electron chi connectivity index (χ0n) is 15.0. The highest BCUT2D eigenvalue weighted by molar-refractivity contribution is 6.01. The van der Waals surface area contributed by atoms with Gasteiger partial charge in [0.05, 0.1) is 21.7 Å². The van der Waals surface area contributed by atoms with E-state index in [1.54, 1.807) is 0 Å². The lowest BCUT2D eigenvalue weighted by Crippen LogP contribution is -2.08. The third-order valence-electron chi connectivity index (χ3n) is 4.84. The lowest BCUT2D eigenvalue weighted by atomic mass is 9.93. The molecule has 4 aromatic rings. The lowest BCUT2D eigenvalue weighted by Gasteiger charge is -2.16. The van der Waals surface area contributed by atoms with Gasteiger partial charge in [-0.3, -0.25) is 0 Å². The summed E-state index contributed by atoms with van der Waals surface area (Å²) in [6.45, 7) is 0. The van der Waals surface area contributed by atoms with E-state index in [2.05, 4.69) is 0 Å². The maximum atomic E-state index is 15.0. The van der Waals surface area contributed by atoms with Crippen molar-refractivity contribution in [2.75, 3.05) is 0 Å². The van der Waals surface area contributed by atoms with Crippen LogP contribution in [0.4, 0.5) is 57.1 Å². The molecule has 0 aromatic heterocycles. The van der Waals surface area contributed by atoms with Gasteiger partial charge in [-0.25, -0.2) is 57.1 Å². The summed E-state index contributed by atoms with van der Waals surface area (Å²) in [6.07, 6.45) is 0. The van der Waals surface area contributed by atoms with Crippen molar-refractivity contribution in [1.29, 1.82) is 0 Å². The van der Waals surface area contributed by atoms with Gasteiger partial charge < -0.3 is 0 Å². The summed E-state index contributed by atoms with van der Waals surface area (Å²) in [4.78, 5) is 0. The Bertz CT molecular complexity index is 1540. The zero-order valence-corrected chi connectivity index (χ0v) is 15.0. The molecule has 0 aliphatic heterocycles. The second-order valence-corrected chi connectivity index (χ2v) is 6.55. The first-order valence-corrected chi connectivity index (χ1v) is 8.28. The number of fused-ring (bicyclic) bond motifs is 2. The second-order valence-electron chi connectivity index (χ2n) is 6.55. The van der Waals surface area contributed by atoms with Gasteiger partial charge in [-0.15, -0.1) is 0 Å². The quantitative estimate of drug-likeness (QED) is 0.148. The molecule has 0 fully saturated rings. The van der Waals surface area contributed by atoms with Crippen LogP contribution in [0.2, 0.25) is 0 Å². The van der Waals surface area contributed by atoms with Crippen LogP contribution in [0.3, 0.4) is 0 Å². The molecule has 0 N–H and O–H groups in total. The Labute approximate surface area is 172 Å². The number of hydrogen-bond acceptors (Lipinski definition) is 0. The van der Waals surface area contributed by atoms with Crippen LogP contribution in [0.5, 0.6) is 0 Å². The van der Waals surface area contributed by atoms with E-state index >= 15 is 4.39 Å². The van der Waals surface area contributed by atoms with Crippen LogP contribution in [0, 0.1) is 75.6 Å². The second kappa shape index (κ2) is 7.25. The normalized spacial score (nSPS) is 11.8. The van der Waals surface area contributed by atoms with Gasteiger partial charge in [0, 0.05) is 10.9 Å². The molecule has 4 aromatic carbocycles. The Kier molecular flexibility index (Phi) is 4.98. The molecule has 0 heterocycles. The van der Waals surface area contributed by atoms with Crippen LogP contribution >= 0.6 is 0 Å². The van der Waals surface area contributed by atoms with Crippen LogP contribution < -0.4 is 0 Å². The van der Waals surface area contributed by atoms with E-state index < -0.39 is 108 Å². The summed E-state index contributed by atoms with van der Waals surface area (Å²) < 4.78 is 183. The van der Waals surface area contributed by atoms with Gasteiger partial charge in [-0.2, -0.15) is 0 Å². The van der Waals surface area contributed by atoms with E-state index in [9.17, 15) is 52.7 Å². The minimum absolute atomic E-state index is 0.307. The van der Waals surface area contributed by atoms with E-state index in [1.165, 1.54) is 0 Å². The number of hydrogen-bond donors (Lipinski definition) is 0. The van der Waals surface area contributed by atoms with Gasteiger partial charge in [-0.05, 0) is 6.07 Å². The average molecular weight is 488 g/mol. The fraction of sp³-hybridized carbons (Fsp3) is 0. The third kappa shape index (κ3) is 2.80. The average Bonchev–Trinajstić information content (AvgIpc) is 2.77. The van der Waals surface area contributed by atoms with E-state index in [0.29, 0.717) is 0 Å². The first kappa shape index (κ1) is 22.7. The van der Waals surface area contributed by atoms with Crippen molar-refractivity contribution < 1.29 is 57.1 Å². The van der Waals surface area contributed by atoms with Crippen LogP contribution in [-0.4, -0.2) is 0 Å². The summed E-state index contributed by atoms with van der Waals surface area (Å²) in [7, 11) is 0. The summed E-state index contributed by atoms with van der Waals surface area (Å²) in [5, 5.41) is -8.02. The van der Waals surface area contributed by atoms with Crippen LogP contribution in [-0.2, 0) is 0 Å². The minimum atomic E-state index is -2.68. The largest absolute Gasteiger partial charge is 0.205 e. The molecule has 0 saturated heterocycles. The van der Waals surface area contributed by atoms with Gasteiger partial charge in [-0.1, -0.05) is 0 Å². The standard InChI is InChI=1S/C20HF13/c21-3-1-2(4-6(9(3)22)14(27)18(31)17(30)11(4)24)5-10(23)7-8(13(26)12(5)25)16(29)20(33)19(32)15(7)28/h1H. The van der Waals surface area contributed by atoms with Gasteiger partial charge in [0.15, 0.2) is 69.8 Å². The fourth-order valence-corrected chi connectivity index (χ4v) is 3.39. The monoisotopic (exact) mass is 488 g/mol. The van der Waals surface area contributed by atoms with Crippen molar-refractivity contribution >= 4 is 21.5 Å². The number of halogens is 13. The topological polar surface area (TPSA) is 0 Å². The first-order valence-electron chi connectivity index (χ1n) is 8.28. The number of benzene rings is 4. The molecule has 0 nitrogen and oxygen atoms in total. The molecule has 0 spiro atoms. The van der Waals surface area contributed by atoms with Gasteiger partial charge >= 0.3 is 0 Å². The van der Waals surface area contributed by atoms with Crippen LogP contribution in [0.1, 0.15) is 0 Å². The third-order valence-corrected chi connectivity index (χ3v) is 4.84. The Hall–Kier alpha value is -3.51. The van der Waals surface area contributed by atoms with E-state index in [0.717, 1.165) is 0 Å². The van der Waals surface area contributed by atoms with Gasteiger partial charge in [0.1, 0.15) is 5.82 Å². The lowest BCUT2D eigenvalue weighted by molar-refractivity contribution is 0.412. The van der Waals surface area contributed by atoms with Crippen molar-refractivity contribution in [3.63, 3.8) is 0 Å². The van der Waals surface area contributed by atoms with Gasteiger partial charge in [0.25, 0.3) is 0 Å². The Morgan fingerprint density at radius 3 is 1.09 bits per heavy atom. The predicted molar refractivity (Wildman–Crippen MR) is 86.3 cm³/mol. The van der Waals surface area contributed by atoms with Crippen molar-refractivity contribution in [3.05, 3.63) is 81.7 Å². The van der Waals surface area contributed by atoms with Crippen LogP contribution in [0.15, 0.2) is 6.07 Å². The zero-order chi connectivity index (χ0) is 24.7. The molecule has 0 bridgehead atoms. The Morgan fingerprint density at radius 2 is 0.636 bits per heavy atom. The fourth-order valence-electron chi connectivity index (χ4n) is 3.39. The molecule has 0 aliphatic carbocycles. The molecule has 0 radical (unpaired) electrons. The summed E-state index contributed by atoms with van der Waals surface area (Å²) in [5.74, 6) is -33.2. The molecule has 172 valence electrons. The molecule has 33 heavy (non-hydrogen) atoms. The molecule has 0 atom stereocenters. The molecule has 0 saturated carbocycles. The van der Waals surface area contributed by atoms with Crippen molar-refractivity contribution in [2.24, 2.45) is 0 Å². The first-order chi connectivity index (χ1) is 15.3. The van der Waals surface area contributed by atoms with E-state index in [4.69, 9.17) is 0 Å². The summed E-state index contributed by atoms with van der Waals surface area (Å²) in [5.41, 5.74) is -3.79. The minimum Gasteiger partial charge on any atom is -0.205 e. The van der Waals surface area contributed by atoms with E-state index in [1.807, 2.05) is 0 Å².